The molecule has 0 saturated heterocycles. The van der Waals surface area contributed by atoms with Gasteiger partial charge >= 0.3 is 6.03 Å². The van der Waals surface area contributed by atoms with E-state index in [-0.39, 0.29) is 6.03 Å². The second-order valence-electron chi connectivity index (χ2n) is 6.67. The minimum Gasteiger partial charge on any atom is -0.497 e. The summed E-state index contributed by atoms with van der Waals surface area (Å²) in [5.74, 6) is 1.20. The summed E-state index contributed by atoms with van der Waals surface area (Å²) >= 11 is 0. The number of rotatable bonds is 6. The maximum absolute atomic E-state index is 12.6. The van der Waals surface area contributed by atoms with Gasteiger partial charge in [0.05, 0.1) is 12.6 Å². The highest BCUT2D eigenvalue weighted by Gasteiger charge is 2.41. The minimum absolute atomic E-state index is 0.111. The van der Waals surface area contributed by atoms with Gasteiger partial charge in [0.1, 0.15) is 5.75 Å². The van der Waals surface area contributed by atoms with Crippen molar-refractivity contribution in [2.75, 3.05) is 21.2 Å². The van der Waals surface area contributed by atoms with Gasteiger partial charge in [-0.05, 0) is 35.6 Å². The van der Waals surface area contributed by atoms with Gasteiger partial charge in [-0.3, -0.25) is 0 Å². The number of benzene rings is 2. The molecule has 4 nitrogen and oxygen atoms in total. The number of hydrogen-bond acceptors (Lipinski definition) is 2. The zero-order valence-electron chi connectivity index (χ0n) is 15.7. The Morgan fingerprint density at radius 1 is 1.08 bits per heavy atom. The van der Waals surface area contributed by atoms with Crippen LogP contribution >= 0.6 is 0 Å². The van der Waals surface area contributed by atoms with Gasteiger partial charge in [-0.15, -0.1) is 0 Å². The Labute approximate surface area is 150 Å². The highest BCUT2D eigenvalue weighted by molar-refractivity contribution is 5.75. The number of hydrogen-bond donors (Lipinski definition) is 1. The van der Waals surface area contributed by atoms with Crippen molar-refractivity contribution >= 4 is 6.03 Å². The molecule has 0 aliphatic heterocycles. The zero-order chi connectivity index (χ0) is 18.4. The Hall–Kier alpha value is -2.49. The average Bonchev–Trinajstić information content (AvgIpc) is 2.65. The van der Waals surface area contributed by atoms with Crippen molar-refractivity contribution < 1.29 is 9.53 Å². The second-order valence-corrected chi connectivity index (χ2v) is 6.67. The van der Waals surface area contributed by atoms with Gasteiger partial charge in [0.15, 0.2) is 0 Å². The van der Waals surface area contributed by atoms with E-state index in [1.807, 2.05) is 54.4 Å². The normalized spacial score (nSPS) is 13.2. The first kappa shape index (κ1) is 18.8. The molecule has 0 aromatic heterocycles. The second kappa shape index (κ2) is 8.06. The first-order valence-electron chi connectivity index (χ1n) is 8.61. The lowest BCUT2D eigenvalue weighted by Crippen LogP contribution is -2.51. The SMILES string of the molecule is CNC(=O)N(C)C(CC(C)C)(c1ccccc1)c1ccc(OC)cc1. The van der Waals surface area contributed by atoms with Crippen LogP contribution in [0.3, 0.4) is 0 Å². The number of nitrogens with zero attached hydrogens (tertiary/aromatic N) is 1. The predicted molar refractivity (Wildman–Crippen MR) is 102 cm³/mol. The average molecular weight is 340 g/mol. The third kappa shape index (κ3) is 3.78. The van der Waals surface area contributed by atoms with Crippen LogP contribution in [0.4, 0.5) is 4.79 Å². The van der Waals surface area contributed by atoms with E-state index in [4.69, 9.17) is 4.74 Å². The van der Waals surface area contributed by atoms with Crippen molar-refractivity contribution in [3.63, 3.8) is 0 Å². The first-order chi connectivity index (χ1) is 12.0. The molecule has 2 rings (SSSR count). The molecule has 2 aromatic carbocycles. The summed E-state index contributed by atoms with van der Waals surface area (Å²) in [6.07, 6.45) is 0.813. The van der Waals surface area contributed by atoms with Crippen molar-refractivity contribution in [2.45, 2.75) is 25.8 Å². The van der Waals surface area contributed by atoms with Crippen LogP contribution in [-0.2, 0) is 5.54 Å². The molecule has 1 unspecified atom stereocenters. The fourth-order valence-electron chi connectivity index (χ4n) is 3.44. The number of methoxy groups -OCH3 is 1. The Bertz CT molecular complexity index is 683. The Balaban J connectivity index is 2.71. The van der Waals surface area contributed by atoms with Gasteiger partial charge in [0.2, 0.25) is 0 Å². The van der Waals surface area contributed by atoms with Crippen molar-refractivity contribution in [2.24, 2.45) is 5.92 Å². The molecule has 0 aliphatic rings. The maximum atomic E-state index is 12.6. The molecule has 4 heteroatoms. The van der Waals surface area contributed by atoms with E-state index in [1.165, 1.54) is 0 Å². The van der Waals surface area contributed by atoms with E-state index >= 15 is 0 Å². The lowest BCUT2D eigenvalue weighted by Gasteiger charge is -2.44. The van der Waals surface area contributed by atoms with Crippen LogP contribution in [-0.4, -0.2) is 32.1 Å². The molecule has 2 aromatic rings. The van der Waals surface area contributed by atoms with Crippen molar-refractivity contribution in [1.29, 1.82) is 0 Å². The molecule has 0 fully saturated rings. The van der Waals surface area contributed by atoms with Gasteiger partial charge < -0.3 is 15.0 Å². The van der Waals surface area contributed by atoms with Crippen LogP contribution in [0, 0.1) is 5.92 Å². The van der Waals surface area contributed by atoms with E-state index in [0.29, 0.717) is 5.92 Å². The number of amides is 2. The standard InChI is InChI=1S/C21H28N2O2/c1-16(2)15-21(23(4)20(24)22-3,17-9-7-6-8-10-17)18-11-13-19(25-5)14-12-18/h6-14,16H,15H2,1-5H3,(H,22,24). The molecule has 0 bridgehead atoms. The summed E-state index contributed by atoms with van der Waals surface area (Å²) in [7, 11) is 5.18. The number of ether oxygens (including phenoxy) is 1. The van der Waals surface area contributed by atoms with E-state index in [1.54, 1.807) is 14.2 Å². The van der Waals surface area contributed by atoms with Crippen LogP contribution in [0.2, 0.25) is 0 Å². The topological polar surface area (TPSA) is 41.6 Å². The molecule has 134 valence electrons. The number of urea groups is 1. The van der Waals surface area contributed by atoms with E-state index in [9.17, 15) is 4.79 Å². The molecule has 0 aliphatic carbocycles. The first-order valence-corrected chi connectivity index (χ1v) is 8.61. The van der Waals surface area contributed by atoms with Crippen LogP contribution in [0.5, 0.6) is 5.75 Å². The third-order valence-electron chi connectivity index (χ3n) is 4.61. The molecule has 0 heterocycles. The van der Waals surface area contributed by atoms with Crippen molar-refractivity contribution in [3.8, 4) is 5.75 Å². The summed E-state index contributed by atoms with van der Waals surface area (Å²) < 4.78 is 5.30. The lowest BCUT2D eigenvalue weighted by atomic mass is 9.75. The molecule has 0 saturated carbocycles. The predicted octanol–water partition coefficient (Wildman–Crippen LogP) is 4.26. The molecule has 1 atom stereocenters. The zero-order valence-corrected chi connectivity index (χ0v) is 15.7. The molecular weight excluding hydrogens is 312 g/mol. The summed E-state index contributed by atoms with van der Waals surface area (Å²) in [6.45, 7) is 4.36. The highest BCUT2D eigenvalue weighted by Crippen LogP contribution is 2.41. The Kier molecular flexibility index (Phi) is 6.07. The molecule has 0 radical (unpaired) electrons. The summed E-state index contributed by atoms with van der Waals surface area (Å²) in [6, 6.07) is 18.1. The van der Waals surface area contributed by atoms with Crippen LogP contribution in [0.15, 0.2) is 54.6 Å². The van der Waals surface area contributed by atoms with Crippen LogP contribution in [0.1, 0.15) is 31.4 Å². The molecule has 1 N–H and O–H groups in total. The van der Waals surface area contributed by atoms with Crippen LogP contribution < -0.4 is 10.1 Å². The van der Waals surface area contributed by atoms with E-state index in [0.717, 1.165) is 23.3 Å². The number of carbonyl (C=O) groups is 1. The smallest absolute Gasteiger partial charge is 0.317 e. The number of carbonyl (C=O) groups excluding carboxylic acids is 1. The summed E-state index contributed by atoms with van der Waals surface area (Å²) in [4.78, 5) is 14.4. The van der Waals surface area contributed by atoms with E-state index < -0.39 is 5.54 Å². The van der Waals surface area contributed by atoms with Crippen molar-refractivity contribution in [3.05, 3.63) is 65.7 Å². The minimum atomic E-state index is -0.554. The Morgan fingerprint density at radius 3 is 2.12 bits per heavy atom. The summed E-state index contributed by atoms with van der Waals surface area (Å²) in [5.41, 5.74) is 1.61. The fourth-order valence-corrected chi connectivity index (χ4v) is 3.44. The van der Waals surface area contributed by atoms with Crippen LogP contribution in [0.25, 0.3) is 0 Å². The van der Waals surface area contributed by atoms with E-state index in [2.05, 4.69) is 31.3 Å². The van der Waals surface area contributed by atoms with Gasteiger partial charge in [-0.25, -0.2) is 4.79 Å². The quantitative estimate of drug-likeness (QED) is 0.854. The Morgan fingerprint density at radius 2 is 1.64 bits per heavy atom. The van der Waals surface area contributed by atoms with Gasteiger partial charge in [-0.1, -0.05) is 56.3 Å². The van der Waals surface area contributed by atoms with Gasteiger partial charge in [-0.2, -0.15) is 0 Å². The maximum Gasteiger partial charge on any atom is 0.317 e. The molecule has 0 spiro atoms. The van der Waals surface area contributed by atoms with Gasteiger partial charge in [0.25, 0.3) is 0 Å². The monoisotopic (exact) mass is 340 g/mol. The van der Waals surface area contributed by atoms with Crippen molar-refractivity contribution in [1.82, 2.24) is 10.2 Å². The summed E-state index contributed by atoms with van der Waals surface area (Å²) in [5, 5.41) is 2.77. The van der Waals surface area contributed by atoms with Gasteiger partial charge in [0, 0.05) is 14.1 Å². The lowest BCUT2D eigenvalue weighted by molar-refractivity contribution is 0.142. The highest BCUT2D eigenvalue weighted by atomic mass is 16.5. The third-order valence-corrected chi connectivity index (χ3v) is 4.61. The molecular formula is C21H28N2O2. The number of nitrogens with one attached hydrogen (secondary N) is 1. The largest absolute Gasteiger partial charge is 0.497 e. The molecule has 2 amide bonds. The molecule has 25 heavy (non-hydrogen) atoms. The fraction of sp³-hybridized carbons (Fsp3) is 0.381.